The lowest BCUT2D eigenvalue weighted by Crippen LogP contribution is -2.42. The van der Waals surface area contributed by atoms with Crippen molar-refractivity contribution in [3.05, 3.63) is 88.4 Å². The first-order valence-corrected chi connectivity index (χ1v) is 11.7. The maximum absolute atomic E-state index is 12.7. The van der Waals surface area contributed by atoms with Crippen molar-refractivity contribution >= 4 is 39.1 Å². The van der Waals surface area contributed by atoms with Crippen LogP contribution in [0.3, 0.4) is 0 Å². The molecular formula is C23H22ClN3O5S. The summed E-state index contributed by atoms with van der Waals surface area (Å²) in [5.41, 5.74) is 6.44. The molecule has 3 aromatic carbocycles. The Balaban J connectivity index is 1.67. The molecule has 0 aliphatic carbocycles. The average Bonchev–Trinajstić information content (AvgIpc) is 2.78. The summed E-state index contributed by atoms with van der Waals surface area (Å²) in [6.07, 6.45) is 0.0207. The van der Waals surface area contributed by atoms with Gasteiger partial charge in [0.05, 0.1) is 29.0 Å². The molecule has 0 aromatic heterocycles. The molecule has 33 heavy (non-hydrogen) atoms. The van der Waals surface area contributed by atoms with Crippen LogP contribution in [0.25, 0.3) is 0 Å². The second-order valence-corrected chi connectivity index (χ2v) is 9.23. The Morgan fingerprint density at radius 1 is 0.970 bits per heavy atom. The summed E-state index contributed by atoms with van der Waals surface area (Å²) in [7, 11) is -2.42. The highest BCUT2D eigenvalue weighted by atomic mass is 35.5. The van der Waals surface area contributed by atoms with E-state index < -0.39 is 21.8 Å². The van der Waals surface area contributed by atoms with Gasteiger partial charge in [-0.15, -0.1) is 0 Å². The monoisotopic (exact) mass is 487 g/mol. The molecule has 10 heteroatoms. The van der Waals surface area contributed by atoms with Gasteiger partial charge >= 0.3 is 0 Å². The number of amides is 2. The molecule has 172 valence electrons. The summed E-state index contributed by atoms with van der Waals surface area (Å²) in [6.45, 7) is 1.84. The normalized spacial score (nSPS) is 10.9. The summed E-state index contributed by atoms with van der Waals surface area (Å²) in [6, 6.07) is 17.5. The lowest BCUT2D eigenvalue weighted by Gasteiger charge is -2.12. The number of ether oxygens (including phenoxy) is 1. The van der Waals surface area contributed by atoms with E-state index in [9.17, 15) is 18.0 Å². The molecule has 2 amide bonds. The minimum atomic E-state index is -3.97. The first-order valence-electron chi connectivity index (χ1n) is 9.79. The second kappa shape index (κ2) is 10.4. The maximum Gasteiger partial charge on any atom is 0.271 e. The summed E-state index contributed by atoms with van der Waals surface area (Å²) in [5, 5.41) is 0.0337. The van der Waals surface area contributed by atoms with Crippen LogP contribution in [0.1, 0.15) is 21.5 Å². The Bertz CT molecular complexity index is 1280. The van der Waals surface area contributed by atoms with Crippen LogP contribution in [0, 0.1) is 6.92 Å². The molecule has 0 heterocycles. The topological polar surface area (TPSA) is 114 Å². The fourth-order valence-corrected chi connectivity index (χ4v) is 4.21. The van der Waals surface area contributed by atoms with Crippen LogP contribution in [0.4, 0.5) is 5.69 Å². The van der Waals surface area contributed by atoms with Crippen LogP contribution in [0.15, 0.2) is 71.6 Å². The number of methoxy groups -OCH3 is 1. The van der Waals surface area contributed by atoms with Crippen molar-refractivity contribution < 1.29 is 22.7 Å². The first kappa shape index (κ1) is 24.1. The van der Waals surface area contributed by atoms with Crippen molar-refractivity contribution in [1.82, 2.24) is 10.9 Å². The highest BCUT2D eigenvalue weighted by Gasteiger charge is 2.19. The van der Waals surface area contributed by atoms with Crippen molar-refractivity contribution in [2.75, 3.05) is 11.8 Å². The van der Waals surface area contributed by atoms with Crippen molar-refractivity contribution in [3.63, 3.8) is 0 Å². The van der Waals surface area contributed by atoms with E-state index in [0.29, 0.717) is 11.4 Å². The van der Waals surface area contributed by atoms with Gasteiger partial charge in [-0.25, -0.2) is 8.42 Å². The summed E-state index contributed by atoms with van der Waals surface area (Å²) < 4.78 is 33.0. The van der Waals surface area contributed by atoms with E-state index in [1.54, 1.807) is 49.6 Å². The molecule has 0 saturated carbocycles. The van der Waals surface area contributed by atoms with E-state index in [1.807, 2.05) is 13.0 Å². The van der Waals surface area contributed by atoms with Crippen LogP contribution in [-0.2, 0) is 21.2 Å². The van der Waals surface area contributed by atoms with Gasteiger partial charge in [-0.3, -0.25) is 25.2 Å². The molecule has 0 aliphatic rings. The van der Waals surface area contributed by atoms with E-state index in [4.69, 9.17) is 16.3 Å². The quantitative estimate of drug-likeness (QED) is 0.442. The predicted molar refractivity (Wildman–Crippen MR) is 126 cm³/mol. The van der Waals surface area contributed by atoms with Crippen LogP contribution in [0.2, 0.25) is 5.02 Å². The number of anilines is 1. The predicted octanol–water partition coefficient (Wildman–Crippen LogP) is 3.46. The van der Waals surface area contributed by atoms with Crippen LogP contribution < -0.4 is 20.3 Å². The third-order valence-corrected chi connectivity index (χ3v) is 6.31. The Morgan fingerprint density at radius 3 is 2.36 bits per heavy atom. The van der Waals surface area contributed by atoms with Gasteiger partial charge in [0.2, 0.25) is 5.91 Å². The molecule has 0 bridgehead atoms. The number of carbonyl (C=O) groups is 2. The van der Waals surface area contributed by atoms with E-state index in [1.165, 1.54) is 12.1 Å². The van der Waals surface area contributed by atoms with Crippen LogP contribution >= 0.6 is 11.6 Å². The third kappa shape index (κ3) is 6.47. The standard InChI is InChI=1S/C23H22ClN3O5S/c1-15-4-3-5-17(12-15)27-33(30,31)19-10-11-21(24)20(14-19)23(29)26-25-22(28)13-16-6-8-18(32-2)9-7-16/h3-12,14,27H,13H2,1-2H3,(H,25,28)(H,26,29). The Labute approximate surface area is 196 Å². The molecular weight excluding hydrogens is 466 g/mol. The van der Waals surface area contributed by atoms with Crippen molar-refractivity contribution in [1.29, 1.82) is 0 Å². The van der Waals surface area contributed by atoms with E-state index in [2.05, 4.69) is 15.6 Å². The zero-order chi connectivity index (χ0) is 24.0. The summed E-state index contributed by atoms with van der Waals surface area (Å²) >= 11 is 6.10. The number of rotatable bonds is 7. The van der Waals surface area contributed by atoms with Crippen molar-refractivity contribution in [2.45, 2.75) is 18.2 Å². The Morgan fingerprint density at radius 2 is 1.70 bits per heavy atom. The minimum absolute atomic E-state index is 0.0207. The number of halogens is 1. The first-order chi connectivity index (χ1) is 15.7. The van der Waals surface area contributed by atoms with Gasteiger partial charge in [0.1, 0.15) is 5.75 Å². The number of aryl methyl sites for hydroxylation is 1. The van der Waals surface area contributed by atoms with E-state index >= 15 is 0 Å². The minimum Gasteiger partial charge on any atom is -0.497 e. The lowest BCUT2D eigenvalue weighted by atomic mass is 10.1. The molecule has 8 nitrogen and oxygen atoms in total. The zero-order valence-electron chi connectivity index (χ0n) is 17.9. The number of hydrazine groups is 1. The zero-order valence-corrected chi connectivity index (χ0v) is 19.5. The van der Waals surface area contributed by atoms with Gasteiger partial charge in [-0.1, -0.05) is 35.9 Å². The molecule has 0 unspecified atom stereocenters. The van der Waals surface area contributed by atoms with Gasteiger partial charge in [0, 0.05) is 5.69 Å². The largest absolute Gasteiger partial charge is 0.497 e. The number of nitrogens with one attached hydrogen (secondary N) is 3. The molecule has 0 aliphatic heterocycles. The fourth-order valence-electron chi connectivity index (χ4n) is 2.93. The molecule has 0 saturated heterocycles. The molecule has 3 aromatic rings. The number of hydrogen-bond donors (Lipinski definition) is 3. The highest BCUT2D eigenvalue weighted by molar-refractivity contribution is 7.92. The van der Waals surface area contributed by atoms with Gasteiger partial charge in [-0.2, -0.15) is 0 Å². The van der Waals surface area contributed by atoms with Gasteiger partial charge < -0.3 is 4.74 Å². The third-order valence-electron chi connectivity index (χ3n) is 4.60. The highest BCUT2D eigenvalue weighted by Crippen LogP contribution is 2.23. The van der Waals surface area contributed by atoms with Crippen LogP contribution in [0.5, 0.6) is 5.75 Å². The average molecular weight is 488 g/mol. The number of hydrogen-bond acceptors (Lipinski definition) is 5. The van der Waals surface area contributed by atoms with Crippen molar-refractivity contribution in [3.8, 4) is 5.75 Å². The number of carbonyl (C=O) groups excluding carboxylic acids is 2. The SMILES string of the molecule is COc1ccc(CC(=O)NNC(=O)c2cc(S(=O)(=O)Nc3cccc(C)c3)ccc2Cl)cc1. The van der Waals surface area contributed by atoms with Gasteiger partial charge in [-0.05, 0) is 60.5 Å². The van der Waals surface area contributed by atoms with Gasteiger partial charge in [0.15, 0.2) is 0 Å². The maximum atomic E-state index is 12.7. The molecule has 0 spiro atoms. The van der Waals surface area contributed by atoms with E-state index in [0.717, 1.165) is 17.2 Å². The van der Waals surface area contributed by atoms with E-state index in [-0.39, 0.29) is 21.9 Å². The fraction of sp³-hybridized carbons (Fsp3) is 0.130. The second-order valence-electron chi connectivity index (χ2n) is 7.14. The molecule has 3 rings (SSSR count). The smallest absolute Gasteiger partial charge is 0.271 e. The Kier molecular flexibility index (Phi) is 7.57. The number of sulfonamides is 1. The lowest BCUT2D eigenvalue weighted by molar-refractivity contribution is -0.121. The number of benzene rings is 3. The van der Waals surface area contributed by atoms with Crippen molar-refractivity contribution in [2.24, 2.45) is 0 Å². The van der Waals surface area contributed by atoms with Crippen LogP contribution in [-0.4, -0.2) is 27.3 Å². The molecule has 3 N–H and O–H groups in total. The molecule has 0 atom stereocenters. The molecule has 0 radical (unpaired) electrons. The Hall–Kier alpha value is -3.56. The molecule has 0 fully saturated rings. The van der Waals surface area contributed by atoms with Gasteiger partial charge in [0.25, 0.3) is 15.9 Å². The summed E-state index contributed by atoms with van der Waals surface area (Å²) in [4.78, 5) is 24.5. The summed E-state index contributed by atoms with van der Waals surface area (Å²) in [5.74, 6) is -0.556.